The Morgan fingerprint density at radius 2 is 1.85 bits per heavy atom. The highest BCUT2D eigenvalue weighted by Gasteiger charge is 2.53. The summed E-state index contributed by atoms with van der Waals surface area (Å²) in [5.41, 5.74) is -0.388. The first kappa shape index (κ1) is 18.2. The van der Waals surface area contributed by atoms with Gasteiger partial charge in [-0.25, -0.2) is 0 Å². The molecular weight excluding hydrogens is 346 g/mol. The average Bonchev–Trinajstić information content (AvgIpc) is 2.60. The number of nitrogens with zero attached hydrogens (tertiary/aromatic N) is 2. The standard InChI is InChI=1S/C20H27N3O4/c1-2-17(20-8-13-5-14(9-20)7-15(6-13)10-20)21-18(24)12-22-11-16(23(26)27)3-4-19(22)25/h3-4,11,13-15,17H,2,5-10,12H2,1H3,(H,21,24). The highest BCUT2D eigenvalue weighted by molar-refractivity contribution is 5.76. The number of pyridine rings is 1. The van der Waals surface area contributed by atoms with Gasteiger partial charge in [-0.05, 0) is 68.1 Å². The monoisotopic (exact) mass is 373 g/mol. The summed E-state index contributed by atoms with van der Waals surface area (Å²) in [4.78, 5) is 35.0. The summed E-state index contributed by atoms with van der Waals surface area (Å²) in [5, 5.41) is 14.1. The molecule has 1 aromatic rings. The second-order valence-electron chi connectivity index (χ2n) is 8.92. The maximum absolute atomic E-state index is 12.7. The fourth-order valence-electron chi connectivity index (χ4n) is 6.44. The molecule has 1 unspecified atom stereocenters. The van der Waals surface area contributed by atoms with E-state index in [0.717, 1.165) is 41.0 Å². The van der Waals surface area contributed by atoms with Crippen LogP contribution in [0.2, 0.25) is 0 Å². The van der Waals surface area contributed by atoms with Crippen LogP contribution in [0.25, 0.3) is 0 Å². The molecule has 1 amide bonds. The fourth-order valence-corrected chi connectivity index (χ4v) is 6.44. The quantitative estimate of drug-likeness (QED) is 0.613. The smallest absolute Gasteiger partial charge is 0.285 e. The first-order valence-electron chi connectivity index (χ1n) is 10.0. The van der Waals surface area contributed by atoms with E-state index >= 15 is 0 Å². The van der Waals surface area contributed by atoms with Gasteiger partial charge in [0.05, 0.1) is 11.1 Å². The normalized spacial score (nSPS) is 32.3. The van der Waals surface area contributed by atoms with Crippen LogP contribution in [0, 0.1) is 33.3 Å². The Labute approximate surface area is 158 Å². The molecule has 4 bridgehead atoms. The molecule has 1 N–H and O–H groups in total. The molecule has 1 aromatic heterocycles. The summed E-state index contributed by atoms with van der Waals surface area (Å²) >= 11 is 0. The van der Waals surface area contributed by atoms with Crippen molar-refractivity contribution in [1.82, 2.24) is 9.88 Å². The summed E-state index contributed by atoms with van der Waals surface area (Å²) < 4.78 is 1.12. The molecule has 0 saturated heterocycles. The van der Waals surface area contributed by atoms with Gasteiger partial charge in [0.25, 0.3) is 11.2 Å². The number of aromatic nitrogens is 1. The minimum absolute atomic E-state index is 0.118. The second-order valence-corrected chi connectivity index (χ2v) is 8.92. The molecule has 0 aliphatic heterocycles. The summed E-state index contributed by atoms with van der Waals surface area (Å²) in [5.74, 6) is 2.19. The van der Waals surface area contributed by atoms with Crippen molar-refractivity contribution >= 4 is 11.6 Å². The molecule has 4 aliphatic rings. The first-order chi connectivity index (χ1) is 12.9. The molecule has 7 nitrogen and oxygen atoms in total. The van der Waals surface area contributed by atoms with Crippen molar-refractivity contribution < 1.29 is 9.72 Å². The molecule has 0 aromatic carbocycles. The number of carbonyl (C=O) groups is 1. The third-order valence-electron chi connectivity index (χ3n) is 7.06. The molecule has 5 rings (SSSR count). The highest BCUT2D eigenvalue weighted by Crippen LogP contribution is 2.61. The number of nitro groups is 1. The van der Waals surface area contributed by atoms with Crippen molar-refractivity contribution in [3.8, 4) is 0 Å². The maximum atomic E-state index is 12.7. The molecule has 0 radical (unpaired) electrons. The largest absolute Gasteiger partial charge is 0.351 e. The van der Waals surface area contributed by atoms with Gasteiger partial charge in [-0.1, -0.05) is 6.92 Å². The van der Waals surface area contributed by atoms with Gasteiger partial charge in [0.1, 0.15) is 6.54 Å². The maximum Gasteiger partial charge on any atom is 0.285 e. The van der Waals surface area contributed by atoms with Crippen molar-refractivity contribution in [2.75, 3.05) is 0 Å². The Balaban J connectivity index is 1.48. The number of hydrogen-bond donors (Lipinski definition) is 1. The zero-order valence-electron chi connectivity index (χ0n) is 15.7. The third-order valence-corrected chi connectivity index (χ3v) is 7.06. The van der Waals surface area contributed by atoms with Crippen LogP contribution in [0.1, 0.15) is 51.9 Å². The van der Waals surface area contributed by atoms with E-state index in [-0.39, 0.29) is 29.6 Å². The predicted octanol–water partition coefficient (Wildman–Crippen LogP) is 2.87. The molecule has 1 atom stereocenters. The Bertz CT molecular complexity index is 780. The highest BCUT2D eigenvalue weighted by atomic mass is 16.6. The Hall–Kier alpha value is -2.18. The lowest BCUT2D eigenvalue weighted by atomic mass is 9.47. The van der Waals surface area contributed by atoms with Gasteiger partial charge >= 0.3 is 0 Å². The van der Waals surface area contributed by atoms with E-state index in [2.05, 4.69) is 12.2 Å². The zero-order chi connectivity index (χ0) is 19.2. The van der Waals surface area contributed by atoms with E-state index in [1.165, 1.54) is 44.6 Å². The van der Waals surface area contributed by atoms with Crippen LogP contribution < -0.4 is 10.9 Å². The van der Waals surface area contributed by atoms with Crippen molar-refractivity contribution in [3.05, 3.63) is 38.8 Å². The molecule has 4 aliphatic carbocycles. The summed E-state index contributed by atoms with van der Waals surface area (Å²) in [7, 11) is 0. The van der Waals surface area contributed by atoms with Crippen LogP contribution >= 0.6 is 0 Å². The molecule has 7 heteroatoms. The van der Waals surface area contributed by atoms with Crippen LogP contribution in [0.3, 0.4) is 0 Å². The fraction of sp³-hybridized carbons (Fsp3) is 0.700. The minimum atomic E-state index is -0.557. The Kier molecular flexibility index (Phi) is 4.56. The van der Waals surface area contributed by atoms with Gasteiger partial charge in [0.2, 0.25) is 5.91 Å². The Morgan fingerprint density at radius 1 is 1.26 bits per heavy atom. The van der Waals surface area contributed by atoms with E-state index in [4.69, 9.17) is 0 Å². The number of hydrogen-bond acceptors (Lipinski definition) is 4. The SMILES string of the molecule is CCC(NC(=O)Cn1cc([N+](=O)[O-])ccc1=O)C12CC3CC(CC(C3)C1)C2. The molecule has 1 heterocycles. The molecule has 0 spiro atoms. The summed E-state index contributed by atoms with van der Waals surface area (Å²) in [6.07, 6.45) is 9.69. The first-order valence-corrected chi connectivity index (χ1v) is 10.0. The van der Waals surface area contributed by atoms with Crippen molar-refractivity contribution in [2.24, 2.45) is 23.2 Å². The van der Waals surface area contributed by atoms with Gasteiger partial charge in [-0.2, -0.15) is 0 Å². The van der Waals surface area contributed by atoms with Crippen molar-refractivity contribution in [1.29, 1.82) is 0 Å². The number of amides is 1. The van der Waals surface area contributed by atoms with Gasteiger partial charge in [0.15, 0.2) is 0 Å². The van der Waals surface area contributed by atoms with E-state index in [1.807, 2.05) is 0 Å². The molecular formula is C20H27N3O4. The van der Waals surface area contributed by atoms with E-state index in [9.17, 15) is 19.7 Å². The number of nitrogens with one attached hydrogen (secondary N) is 1. The molecule has 4 fully saturated rings. The lowest BCUT2D eigenvalue weighted by Crippen LogP contribution is -2.57. The molecule has 27 heavy (non-hydrogen) atoms. The van der Waals surface area contributed by atoms with Crippen LogP contribution in [0.5, 0.6) is 0 Å². The van der Waals surface area contributed by atoms with Crippen LogP contribution in [0.15, 0.2) is 23.1 Å². The predicted molar refractivity (Wildman–Crippen MR) is 100 cm³/mol. The summed E-state index contributed by atoms with van der Waals surface area (Å²) in [6.45, 7) is 1.94. The van der Waals surface area contributed by atoms with Crippen LogP contribution in [-0.4, -0.2) is 21.4 Å². The van der Waals surface area contributed by atoms with Gasteiger partial charge in [-0.3, -0.25) is 24.3 Å². The minimum Gasteiger partial charge on any atom is -0.351 e. The number of carbonyl (C=O) groups excluding carboxylic acids is 1. The van der Waals surface area contributed by atoms with Crippen molar-refractivity contribution in [3.63, 3.8) is 0 Å². The Morgan fingerprint density at radius 3 is 2.37 bits per heavy atom. The van der Waals surface area contributed by atoms with Gasteiger partial charge in [-0.15, -0.1) is 0 Å². The topological polar surface area (TPSA) is 94.2 Å². The van der Waals surface area contributed by atoms with Gasteiger partial charge in [0, 0.05) is 18.2 Å². The molecule has 4 saturated carbocycles. The zero-order valence-corrected chi connectivity index (χ0v) is 15.7. The summed E-state index contributed by atoms with van der Waals surface area (Å²) in [6, 6.07) is 2.43. The van der Waals surface area contributed by atoms with Crippen LogP contribution in [-0.2, 0) is 11.3 Å². The van der Waals surface area contributed by atoms with E-state index in [0.29, 0.717) is 0 Å². The second kappa shape index (κ2) is 6.77. The van der Waals surface area contributed by atoms with E-state index < -0.39 is 10.5 Å². The third kappa shape index (κ3) is 3.39. The lowest BCUT2D eigenvalue weighted by molar-refractivity contribution is -0.385. The average molecular weight is 373 g/mol. The number of rotatable bonds is 6. The van der Waals surface area contributed by atoms with Crippen LogP contribution in [0.4, 0.5) is 5.69 Å². The van der Waals surface area contributed by atoms with Gasteiger partial charge < -0.3 is 5.32 Å². The molecule has 146 valence electrons. The van der Waals surface area contributed by atoms with E-state index in [1.54, 1.807) is 0 Å². The lowest BCUT2D eigenvalue weighted by Gasteiger charge is -2.59. The van der Waals surface area contributed by atoms with Crippen molar-refractivity contribution in [2.45, 2.75) is 64.5 Å².